The maximum absolute atomic E-state index is 10.9. The largest absolute Gasteiger partial charge is 0.477 e. The highest BCUT2D eigenvalue weighted by Gasteiger charge is 2.31. The zero-order valence-electron chi connectivity index (χ0n) is 7.60. The van der Waals surface area contributed by atoms with Gasteiger partial charge in [0.2, 0.25) is 5.60 Å². The molecule has 0 saturated carbocycles. The minimum Gasteiger partial charge on any atom is -0.477 e. The highest BCUT2D eigenvalue weighted by atomic mass is 16.7. The molecular formula is C7H11NO5. The molecule has 0 fully saturated rings. The number of rotatable bonds is 4. The average Bonchev–Trinajstić information content (AvgIpc) is 2.01. The summed E-state index contributed by atoms with van der Waals surface area (Å²) in [6, 6.07) is 0. The van der Waals surface area contributed by atoms with Crippen LogP contribution in [0.5, 0.6) is 0 Å². The van der Waals surface area contributed by atoms with Crippen LogP contribution in [-0.2, 0) is 19.2 Å². The van der Waals surface area contributed by atoms with Gasteiger partial charge in [0, 0.05) is 0 Å². The summed E-state index contributed by atoms with van der Waals surface area (Å²) in [5.74, 6) is -1.88. The Balaban J connectivity index is 4.18. The summed E-state index contributed by atoms with van der Waals surface area (Å²) in [4.78, 5) is 25.5. The molecule has 0 saturated heterocycles. The van der Waals surface area contributed by atoms with Crippen molar-refractivity contribution in [2.45, 2.75) is 19.4 Å². The predicted molar refractivity (Wildman–Crippen MR) is 43.3 cm³/mol. The van der Waals surface area contributed by atoms with Crippen molar-refractivity contribution in [3.8, 4) is 0 Å². The van der Waals surface area contributed by atoms with Crippen LogP contribution in [0.1, 0.15) is 13.8 Å². The van der Waals surface area contributed by atoms with Gasteiger partial charge >= 0.3 is 11.9 Å². The van der Waals surface area contributed by atoms with Crippen molar-refractivity contribution < 1.29 is 24.3 Å². The van der Waals surface area contributed by atoms with E-state index in [1.54, 1.807) is 0 Å². The highest BCUT2D eigenvalue weighted by molar-refractivity contribution is 6.21. The van der Waals surface area contributed by atoms with Gasteiger partial charge < -0.3 is 14.7 Å². The van der Waals surface area contributed by atoms with Crippen LogP contribution >= 0.6 is 0 Å². The fourth-order valence-electron chi connectivity index (χ4n) is 0.486. The van der Waals surface area contributed by atoms with E-state index in [9.17, 15) is 9.59 Å². The van der Waals surface area contributed by atoms with Crippen molar-refractivity contribution in [1.29, 1.82) is 0 Å². The van der Waals surface area contributed by atoms with E-state index in [0.29, 0.717) is 6.21 Å². The van der Waals surface area contributed by atoms with Gasteiger partial charge in [-0.15, -0.1) is 0 Å². The molecule has 0 aromatic carbocycles. The van der Waals surface area contributed by atoms with Crippen LogP contribution in [0.2, 0.25) is 0 Å². The van der Waals surface area contributed by atoms with Crippen LogP contribution in [0, 0.1) is 0 Å². The summed E-state index contributed by atoms with van der Waals surface area (Å²) >= 11 is 0. The molecule has 0 rings (SSSR count). The number of nitrogens with zero attached hydrogens (tertiary/aromatic N) is 1. The quantitative estimate of drug-likeness (QED) is 0.383. The van der Waals surface area contributed by atoms with Gasteiger partial charge in [-0.2, -0.15) is 0 Å². The van der Waals surface area contributed by atoms with Crippen molar-refractivity contribution in [1.82, 2.24) is 0 Å². The molecule has 0 atom stereocenters. The van der Waals surface area contributed by atoms with Crippen LogP contribution in [0.25, 0.3) is 0 Å². The Morgan fingerprint density at radius 1 is 1.46 bits per heavy atom. The maximum atomic E-state index is 10.9. The van der Waals surface area contributed by atoms with E-state index in [-0.39, 0.29) is 0 Å². The monoisotopic (exact) mass is 189 g/mol. The number of aliphatic carboxylic acids is 1. The minimum absolute atomic E-state index is 0.546. The standard InChI is InChI=1S/C7H11NO5/c1-7(2,6(11)12-3)13-8-4-5(9)10/h4H,1-3H3,(H,9,10). The van der Waals surface area contributed by atoms with Gasteiger partial charge in [0.25, 0.3) is 0 Å². The summed E-state index contributed by atoms with van der Waals surface area (Å²) in [6.07, 6.45) is 0.546. The van der Waals surface area contributed by atoms with Gasteiger partial charge in [0.1, 0.15) is 0 Å². The summed E-state index contributed by atoms with van der Waals surface area (Å²) < 4.78 is 4.39. The molecule has 0 aromatic heterocycles. The van der Waals surface area contributed by atoms with Crippen molar-refractivity contribution >= 4 is 18.2 Å². The molecule has 0 heterocycles. The summed E-state index contributed by atoms with van der Waals surface area (Å²) in [7, 11) is 1.20. The molecule has 13 heavy (non-hydrogen) atoms. The summed E-state index contributed by atoms with van der Waals surface area (Å²) in [5, 5.41) is 11.2. The molecule has 0 amide bonds. The lowest BCUT2D eigenvalue weighted by molar-refractivity contribution is -0.165. The van der Waals surface area contributed by atoms with E-state index in [1.165, 1.54) is 21.0 Å². The lowest BCUT2D eigenvalue weighted by atomic mass is 10.1. The molecule has 0 aliphatic carbocycles. The van der Waals surface area contributed by atoms with Crippen LogP contribution in [0.4, 0.5) is 0 Å². The van der Waals surface area contributed by atoms with E-state index < -0.39 is 17.5 Å². The Labute approximate surface area is 75.1 Å². The lowest BCUT2D eigenvalue weighted by Gasteiger charge is -2.17. The molecule has 74 valence electrons. The van der Waals surface area contributed by atoms with Gasteiger partial charge in [0.05, 0.1) is 7.11 Å². The smallest absolute Gasteiger partial charge is 0.352 e. The van der Waals surface area contributed by atoms with Gasteiger partial charge in [-0.05, 0) is 13.8 Å². The number of hydrogen-bond acceptors (Lipinski definition) is 5. The summed E-state index contributed by atoms with van der Waals surface area (Å²) in [6.45, 7) is 2.83. The number of carboxylic acids is 1. The Bertz CT molecular complexity index is 233. The van der Waals surface area contributed by atoms with Crippen molar-refractivity contribution in [3.05, 3.63) is 0 Å². The van der Waals surface area contributed by atoms with E-state index in [4.69, 9.17) is 5.11 Å². The fourth-order valence-corrected chi connectivity index (χ4v) is 0.486. The average molecular weight is 189 g/mol. The first-order valence-corrected chi connectivity index (χ1v) is 3.43. The molecule has 0 spiro atoms. The third-order valence-corrected chi connectivity index (χ3v) is 1.12. The van der Waals surface area contributed by atoms with Crippen molar-refractivity contribution in [2.75, 3.05) is 7.11 Å². The Morgan fingerprint density at radius 3 is 2.38 bits per heavy atom. The molecule has 0 unspecified atom stereocenters. The zero-order valence-corrected chi connectivity index (χ0v) is 7.60. The Kier molecular flexibility index (Phi) is 3.90. The fraction of sp³-hybridized carbons (Fsp3) is 0.571. The minimum atomic E-state index is -1.28. The number of oxime groups is 1. The molecule has 1 N–H and O–H groups in total. The maximum Gasteiger partial charge on any atom is 0.352 e. The first kappa shape index (κ1) is 11.4. The normalized spacial score (nSPS) is 11.3. The molecule has 0 aromatic rings. The molecule has 0 aliphatic heterocycles. The molecule has 0 radical (unpaired) electrons. The van der Waals surface area contributed by atoms with Gasteiger partial charge in [-0.25, -0.2) is 9.59 Å². The first-order valence-electron chi connectivity index (χ1n) is 3.43. The molecule has 0 bridgehead atoms. The molecule has 6 nitrogen and oxygen atoms in total. The van der Waals surface area contributed by atoms with Crippen LogP contribution < -0.4 is 0 Å². The number of hydrogen-bond donors (Lipinski definition) is 1. The van der Waals surface area contributed by atoms with Crippen molar-refractivity contribution in [3.63, 3.8) is 0 Å². The number of ether oxygens (including phenoxy) is 1. The number of esters is 1. The number of carboxylic acid groups (broad SMARTS) is 1. The van der Waals surface area contributed by atoms with Crippen molar-refractivity contribution in [2.24, 2.45) is 5.16 Å². The van der Waals surface area contributed by atoms with E-state index in [1.807, 2.05) is 0 Å². The molecule has 6 heteroatoms. The number of methoxy groups -OCH3 is 1. The molecule has 0 aliphatic rings. The SMILES string of the molecule is COC(=O)C(C)(C)ON=CC(=O)O. The second kappa shape index (κ2) is 4.44. The second-order valence-electron chi connectivity index (χ2n) is 2.67. The predicted octanol–water partition coefficient (Wildman–Crippen LogP) is 0.0250. The summed E-state index contributed by atoms with van der Waals surface area (Å²) in [5.41, 5.74) is -1.28. The first-order chi connectivity index (χ1) is 5.90. The topological polar surface area (TPSA) is 85.2 Å². The van der Waals surface area contributed by atoms with Gasteiger partial charge in [-0.3, -0.25) is 0 Å². The third kappa shape index (κ3) is 4.09. The van der Waals surface area contributed by atoms with Crippen LogP contribution in [0.15, 0.2) is 5.16 Å². The number of carbonyl (C=O) groups is 2. The molecular weight excluding hydrogens is 178 g/mol. The van der Waals surface area contributed by atoms with Crippen LogP contribution in [-0.4, -0.2) is 36.0 Å². The van der Waals surface area contributed by atoms with E-state index >= 15 is 0 Å². The third-order valence-electron chi connectivity index (χ3n) is 1.12. The Hall–Kier alpha value is -1.59. The van der Waals surface area contributed by atoms with Gasteiger partial charge in [0.15, 0.2) is 6.21 Å². The van der Waals surface area contributed by atoms with Gasteiger partial charge in [-0.1, -0.05) is 5.16 Å². The zero-order chi connectivity index (χ0) is 10.5. The van der Waals surface area contributed by atoms with Crippen LogP contribution in [0.3, 0.4) is 0 Å². The lowest BCUT2D eigenvalue weighted by Crippen LogP contribution is -2.34. The van der Waals surface area contributed by atoms with E-state index in [2.05, 4.69) is 14.7 Å². The Morgan fingerprint density at radius 2 is 2.00 bits per heavy atom. The second-order valence-corrected chi connectivity index (χ2v) is 2.67. The highest BCUT2D eigenvalue weighted by Crippen LogP contribution is 2.10. The number of carbonyl (C=O) groups excluding carboxylic acids is 1. The van der Waals surface area contributed by atoms with E-state index in [0.717, 1.165) is 0 Å².